The van der Waals surface area contributed by atoms with Crippen molar-refractivity contribution in [1.82, 2.24) is 15.3 Å². The maximum atomic E-state index is 12.6. The van der Waals surface area contributed by atoms with Crippen LogP contribution in [0.1, 0.15) is 38.9 Å². The Hall–Kier alpha value is -3.34. The highest BCUT2D eigenvalue weighted by atomic mass is 16.2. The number of nitrogens with one attached hydrogen (secondary N) is 1. The fraction of sp³-hybridized carbons (Fsp3) is 0.143. The lowest BCUT2D eigenvalue weighted by Crippen LogP contribution is -2.30. The van der Waals surface area contributed by atoms with Gasteiger partial charge in [-0.2, -0.15) is 0 Å². The van der Waals surface area contributed by atoms with Crippen LogP contribution in [0.2, 0.25) is 0 Å². The van der Waals surface area contributed by atoms with Crippen molar-refractivity contribution in [3.8, 4) is 0 Å². The van der Waals surface area contributed by atoms with E-state index in [-0.39, 0.29) is 24.0 Å². The lowest BCUT2D eigenvalue weighted by molar-refractivity contribution is 0.0926. The molecular weight excluding hydrogens is 326 g/mol. The number of amides is 1. The molecule has 2 heterocycles. The summed E-state index contributed by atoms with van der Waals surface area (Å²) in [6.07, 6.45) is 3.45. The number of aromatic nitrogens is 2. The van der Waals surface area contributed by atoms with Gasteiger partial charge in [0.25, 0.3) is 5.91 Å². The molecule has 2 aromatic heterocycles. The third-order valence-corrected chi connectivity index (χ3v) is 4.06. The molecule has 0 fully saturated rings. The second-order valence-electron chi connectivity index (χ2n) is 5.87. The molecule has 0 bridgehead atoms. The standard InChI is InChI=1S/C21H19N3O2/c25-20(18-10-4-6-12-22-18)14-17(16-8-2-1-3-9-16)15-24-21(26)19-11-5-7-13-23-19/h1-13,17H,14-15H2,(H,24,26). The van der Waals surface area contributed by atoms with E-state index in [0.29, 0.717) is 17.9 Å². The van der Waals surface area contributed by atoms with Crippen LogP contribution in [-0.4, -0.2) is 28.2 Å². The minimum atomic E-state index is -0.253. The molecule has 1 aromatic carbocycles. The molecule has 1 amide bonds. The average molecular weight is 345 g/mol. The summed E-state index contributed by atoms with van der Waals surface area (Å²) in [5.74, 6) is -0.443. The Kier molecular flexibility index (Phi) is 5.83. The van der Waals surface area contributed by atoms with Crippen LogP contribution >= 0.6 is 0 Å². The van der Waals surface area contributed by atoms with Crippen LogP contribution in [0.3, 0.4) is 0 Å². The molecule has 1 atom stereocenters. The molecule has 3 rings (SSSR count). The Bertz CT molecular complexity index is 852. The van der Waals surface area contributed by atoms with Crippen LogP contribution in [-0.2, 0) is 0 Å². The average Bonchev–Trinajstić information content (AvgIpc) is 2.72. The van der Waals surface area contributed by atoms with Gasteiger partial charge >= 0.3 is 0 Å². The number of nitrogens with zero attached hydrogens (tertiary/aromatic N) is 2. The third-order valence-electron chi connectivity index (χ3n) is 4.06. The molecule has 26 heavy (non-hydrogen) atoms. The summed E-state index contributed by atoms with van der Waals surface area (Å²) in [7, 11) is 0. The van der Waals surface area contributed by atoms with Gasteiger partial charge in [0.05, 0.1) is 0 Å². The molecule has 0 aliphatic carbocycles. The molecule has 5 heteroatoms. The number of benzene rings is 1. The Morgan fingerprint density at radius 1 is 0.808 bits per heavy atom. The smallest absolute Gasteiger partial charge is 0.269 e. The molecule has 0 aliphatic heterocycles. The number of hydrogen-bond donors (Lipinski definition) is 1. The quantitative estimate of drug-likeness (QED) is 0.667. The highest BCUT2D eigenvalue weighted by molar-refractivity contribution is 5.95. The van der Waals surface area contributed by atoms with Crippen molar-refractivity contribution in [2.75, 3.05) is 6.54 Å². The third kappa shape index (κ3) is 4.60. The highest BCUT2D eigenvalue weighted by Gasteiger charge is 2.19. The van der Waals surface area contributed by atoms with Gasteiger partial charge in [0.15, 0.2) is 5.78 Å². The zero-order chi connectivity index (χ0) is 18.2. The normalized spacial score (nSPS) is 11.5. The number of hydrogen-bond acceptors (Lipinski definition) is 4. The zero-order valence-corrected chi connectivity index (χ0v) is 14.2. The van der Waals surface area contributed by atoms with E-state index in [2.05, 4.69) is 15.3 Å². The van der Waals surface area contributed by atoms with Crippen molar-refractivity contribution < 1.29 is 9.59 Å². The Morgan fingerprint density at radius 2 is 1.42 bits per heavy atom. The molecule has 0 aliphatic rings. The first-order valence-electron chi connectivity index (χ1n) is 8.42. The Morgan fingerprint density at radius 3 is 2.04 bits per heavy atom. The van der Waals surface area contributed by atoms with Crippen LogP contribution < -0.4 is 5.32 Å². The molecule has 3 aromatic rings. The van der Waals surface area contributed by atoms with Crippen molar-refractivity contribution >= 4 is 11.7 Å². The second-order valence-corrected chi connectivity index (χ2v) is 5.87. The monoisotopic (exact) mass is 345 g/mol. The van der Waals surface area contributed by atoms with Crippen LogP contribution in [0.15, 0.2) is 79.1 Å². The van der Waals surface area contributed by atoms with Crippen LogP contribution in [0.4, 0.5) is 0 Å². The van der Waals surface area contributed by atoms with Crippen molar-refractivity contribution in [3.63, 3.8) is 0 Å². The van der Waals surface area contributed by atoms with Gasteiger partial charge in [0, 0.05) is 31.3 Å². The number of pyridine rings is 2. The second kappa shape index (κ2) is 8.67. The van der Waals surface area contributed by atoms with E-state index >= 15 is 0 Å². The molecule has 0 radical (unpaired) electrons. The zero-order valence-electron chi connectivity index (χ0n) is 14.2. The van der Waals surface area contributed by atoms with E-state index in [1.807, 2.05) is 30.3 Å². The molecule has 1 N–H and O–H groups in total. The maximum absolute atomic E-state index is 12.6. The molecule has 5 nitrogen and oxygen atoms in total. The molecular formula is C21H19N3O2. The topological polar surface area (TPSA) is 72.0 Å². The van der Waals surface area contributed by atoms with Crippen LogP contribution in [0.5, 0.6) is 0 Å². The van der Waals surface area contributed by atoms with Gasteiger partial charge in [-0.15, -0.1) is 0 Å². The van der Waals surface area contributed by atoms with Crippen LogP contribution in [0.25, 0.3) is 0 Å². The SMILES string of the molecule is O=C(CC(CNC(=O)c1ccccn1)c1ccccc1)c1ccccn1. The van der Waals surface area contributed by atoms with E-state index in [0.717, 1.165) is 5.56 Å². The summed E-state index contributed by atoms with van der Waals surface area (Å²) in [5, 5.41) is 2.88. The van der Waals surface area contributed by atoms with Gasteiger partial charge in [-0.1, -0.05) is 42.5 Å². The summed E-state index contributed by atoms with van der Waals surface area (Å²) in [4.78, 5) is 33.0. The Labute approximate surface area is 152 Å². The summed E-state index contributed by atoms with van der Waals surface area (Å²) in [6, 6.07) is 20.2. The van der Waals surface area contributed by atoms with Crippen LogP contribution in [0, 0.1) is 0 Å². The lowest BCUT2D eigenvalue weighted by Gasteiger charge is -2.17. The fourth-order valence-electron chi connectivity index (χ4n) is 2.69. The number of carbonyl (C=O) groups excluding carboxylic acids is 2. The Balaban J connectivity index is 1.72. The summed E-state index contributed by atoms with van der Waals surface area (Å²) < 4.78 is 0. The number of rotatable bonds is 7. The first-order valence-corrected chi connectivity index (χ1v) is 8.42. The molecule has 0 saturated heterocycles. The summed E-state index contributed by atoms with van der Waals surface area (Å²) in [6.45, 7) is 0.345. The van der Waals surface area contributed by atoms with Crippen molar-refractivity contribution in [3.05, 3.63) is 96.1 Å². The van der Waals surface area contributed by atoms with Crippen molar-refractivity contribution in [2.45, 2.75) is 12.3 Å². The molecule has 0 spiro atoms. The largest absolute Gasteiger partial charge is 0.350 e. The van der Waals surface area contributed by atoms with Gasteiger partial charge in [-0.25, -0.2) is 0 Å². The summed E-state index contributed by atoms with van der Waals surface area (Å²) >= 11 is 0. The van der Waals surface area contributed by atoms with E-state index in [4.69, 9.17) is 0 Å². The fourth-order valence-corrected chi connectivity index (χ4v) is 2.69. The van der Waals surface area contributed by atoms with Gasteiger partial charge < -0.3 is 5.32 Å². The number of Topliss-reactive ketones (excluding diaryl/α,β-unsaturated/α-hetero) is 1. The summed E-state index contributed by atoms with van der Waals surface area (Å²) in [5.41, 5.74) is 1.79. The van der Waals surface area contributed by atoms with Crippen molar-refractivity contribution in [1.29, 1.82) is 0 Å². The molecule has 1 unspecified atom stereocenters. The van der Waals surface area contributed by atoms with E-state index in [9.17, 15) is 9.59 Å². The number of carbonyl (C=O) groups is 2. The van der Waals surface area contributed by atoms with Gasteiger partial charge in [0.2, 0.25) is 0 Å². The minimum absolute atomic E-state index is 0.0495. The van der Waals surface area contributed by atoms with Crippen molar-refractivity contribution in [2.24, 2.45) is 0 Å². The van der Waals surface area contributed by atoms with Gasteiger partial charge in [-0.3, -0.25) is 19.6 Å². The first-order chi connectivity index (χ1) is 12.7. The highest BCUT2D eigenvalue weighted by Crippen LogP contribution is 2.21. The van der Waals surface area contributed by atoms with Gasteiger partial charge in [0.1, 0.15) is 11.4 Å². The predicted molar refractivity (Wildman–Crippen MR) is 98.9 cm³/mol. The van der Waals surface area contributed by atoms with Gasteiger partial charge in [-0.05, 0) is 29.8 Å². The lowest BCUT2D eigenvalue weighted by atomic mass is 9.92. The van der Waals surface area contributed by atoms with E-state index in [1.165, 1.54) is 0 Å². The van der Waals surface area contributed by atoms with E-state index < -0.39 is 0 Å². The molecule has 0 saturated carbocycles. The molecule has 130 valence electrons. The predicted octanol–water partition coefficient (Wildman–Crippen LogP) is 3.26. The van der Waals surface area contributed by atoms with E-state index in [1.54, 1.807) is 48.8 Å². The first kappa shape index (κ1) is 17.5. The minimum Gasteiger partial charge on any atom is -0.350 e. The maximum Gasteiger partial charge on any atom is 0.269 e. The number of ketones is 1.